The molecule has 2 aromatic carbocycles. The molecule has 98 valence electrons. The van der Waals surface area contributed by atoms with Crippen LogP contribution >= 0.6 is 0 Å². The average molecular weight is 256 g/mol. The third-order valence-electron chi connectivity index (χ3n) is 2.77. The van der Waals surface area contributed by atoms with E-state index in [1.807, 2.05) is 49.4 Å². The largest absolute Gasteiger partial charge is 0.496 e. The summed E-state index contributed by atoms with van der Waals surface area (Å²) in [6.07, 6.45) is 0. The van der Waals surface area contributed by atoms with E-state index < -0.39 is 0 Å². The van der Waals surface area contributed by atoms with Crippen molar-refractivity contribution >= 4 is 5.78 Å². The van der Waals surface area contributed by atoms with Crippen LogP contribution in [0.15, 0.2) is 48.5 Å². The fourth-order valence-electron chi connectivity index (χ4n) is 1.77. The highest BCUT2D eigenvalue weighted by molar-refractivity contribution is 5.99. The van der Waals surface area contributed by atoms with E-state index in [9.17, 15) is 4.79 Å². The number of hydrogen-bond donors (Lipinski definition) is 0. The Kier molecular flexibility index (Phi) is 4.18. The quantitative estimate of drug-likeness (QED) is 0.770. The predicted molar refractivity (Wildman–Crippen MR) is 74.0 cm³/mol. The topological polar surface area (TPSA) is 35.5 Å². The number of ether oxygens (including phenoxy) is 2. The second-order valence-electron chi connectivity index (χ2n) is 4.23. The summed E-state index contributed by atoms with van der Waals surface area (Å²) < 4.78 is 10.7. The van der Waals surface area contributed by atoms with Gasteiger partial charge in [0.1, 0.15) is 11.5 Å². The van der Waals surface area contributed by atoms with Crippen LogP contribution in [0.1, 0.15) is 15.9 Å². The molecule has 0 heterocycles. The number of benzene rings is 2. The molecule has 0 N–H and O–H groups in total. The smallest absolute Gasteiger partial charge is 0.203 e. The van der Waals surface area contributed by atoms with Gasteiger partial charge in [-0.15, -0.1) is 0 Å². The van der Waals surface area contributed by atoms with Gasteiger partial charge in [-0.05, 0) is 36.8 Å². The lowest BCUT2D eigenvalue weighted by molar-refractivity contribution is 0.0918. The Hall–Kier alpha value is -2.29. The fourth-order valence-corrected chi connectivity index (χ4v) is 1.77. The molecule has 0 saturated carbocycles. The maximum atomic E-state index is 12.1. The first kappa shape index (κ1) is 13.1. The van der Waals surface area contributed by atoms with Gasteiger partial charge in [0.05, 0.1) is 12.7 Å². The molecular formula is C16H16O3. The van der Waals surface area contributed by atoms with Gasteiger partial charge in [0.25, 0.3) is 0 Å². The standard InChI is InChI=1S/C16H16O3/c1-12-8-9-14(16(10-12)18-2)15(17)11-19-13-6-4-3-5-7-13/h3-10H,11H2,1-2H3. The number of hydrogen-bond acceptors (Lipinski definition) is 3. The van der Waals surface area contributed by atoms with E-state index in [2.05, 4.69) is 0 Å². The number of carbonyl (C=O) groups excluding carboxylic acids is 1. The molecular weight excluding hydrogens is 240 g/mol. The zero-order valence-electron chi connectivity index (χ0n) is 11.1. The maximum absolute atomic E-state index is 12.1. The monoisotopic (exact) mass is 256 g/mol. The lowest BCUT2D eigenvalue weighted by atomic mass is 10.1. The Morgan fingerprint density at radius 3 is 2.53 bits per heavy atom. The molecule has 0 spiro atoms. The van der Waals surface area contributed by atoms with Gasteiger partial charge in [-0.3, -0.25) is 4.79 Å². The number of para-hydroxylation sites is 1. The molecule has 0 amide bonds. The molecule has 0 unspecified atom stereocenters. The van der Waals surface area contributed by atoms with E-state index in [1.165, 1.54) is 0 Å². The van der Waals surface area contributed by atoms with Gasteiger partial charge in [-0.2, -0.15) is 0 Å². The molecule has 0 saturated heterocycles. The van der Waals surface area contributed by atoms with Crippen molar-refractivity contribution < 1.29 is 14.3 Å². The van der Waals surface area contributed by atoms with Crippen molar-refractivity contribution in [3.8, 4) is 11.5 Å². The normalized spacial score (nSPS) is 10.0. The molecule has 0 atom stereocenters. The third kappa shape index (κ3) is 3.35. The molecule has 0 aromatic heterocycles. The molecule has 2 rings (SSSR count). The number of methoxy groups -OCH3 is 1. The summed E-state index contributed by atoms with van der Waals surface area (Å²) in [4.78, 5) is 12.1. The van der Waals surface area contributed by atoms with Gasteiger partial charge in [-0.1, -0.05) is 24.3 Å². The highest BCUT2D eigenvalue weighted by Crippen LogP contribution is 2.20. The first-order valence-electron chi connectivity index (χ1n) is 6.06. The SMILES string of the molecule is COc1cc(C)ccc1C(=O)COc1ccccc1. The van der Waals surface area contributed by atoms with Crippen molar-refractivity contribution in [3.05, 3.63) is 59.7 Å². The van der Waals surface area contributed by atoms with Crippen molar-refractivity contribution in [3.63, 3.8) is 0 Å². The molecule has 0 radical (unpaired) electrons. The zero-order valence-corrected chi connectivity index (χ0v) is 11.1. The molecule has 3 heteroatoms. The Morgan fingerprint density at radius 1 is 1.11 bits per heavy atom. The molecule has 0 fully saturated rings. The second-order valence-corrected chi connectivity index (χ2v) is 4.23. The summed E-state index contributed by atoms with van der Waals surface area (Å²) in [5, 5.41) is 0. The molecule has 19 heavy (non-hydrogen) atoms. The summed E-state index contributed by atoms with van der Waals surface area (Å²) >= 11 is 0. The van der Waals surface area contributed by atoms with Crippen LogP contribution in [-0.2, 0) is 0 Å². The van der Waals surface area contributed by atoms with Crippen LogP contribution in [0, 0.1) is 6.92 Å². The molecule has 2 aromatic rings. The van der Waals surface area contributed by atoms with Gasteiger partial charge in [0.2, 0.25) is 5.78 Å². The number of carbonyl (C=O) groups is 1. The molecule has 0 aliphatic rings. The fraction of sp³-hybridized carbons (Fsp3) is 0.188. The first-order chi connectivity index (χ1) is 9.20. The molecule has 3 nitrogen and oxygen atoms in total. The van der Waals surface area contributed by atoms with Crippen molar-refractivity contribution in [2.24, 2.45) is 0 Å². The van der Waals surface area contributed by atoms with Gasteiger partial charge < -0.3 is 9.47 Å². The molecule has 0 aliphatic heterocycles. The number of Topliss-reactive ketones (excluding diaryl/α,β-unsaturated/α-hetero) is 1. The van der Waals surface area contributed by atoms with Crippen LogP contribution in [0.5, 0.6) is 11.5 Å². The molecule has 0 bridgehead atoms. The molecule has 0 aliphatic carbocycles. The summed E-state index contributed by atoms with van der Waals surface area (Å²) in [5.41, 5.74) is 1.60. The minimum Gasteiger partial charge on any atom is -0.496 e. The number of ketones is 1. The van der Waals surface area contributed by atoms with Crippen LogP contribution in [0.25, 0.3) is 0 Å². The van der Waals surface area contributed by atoms with E-state index >= 15 is 0 Å². The second kappa shape index (κ2) is 6.05. The van der Waals surface area contributed by atoms with Crippen LogP contribution in [0.3, 0.4) is 0 Å². The van der Waals surface area contributed by atoms with Gasteiger partial charge in [-0.25, -0.2) is 0 Å². The van der Waals surface area contributed by atoms with Gasteiger partial charge in [0.15, 0.2) is 6.61 Å². The van der Waals surface area contributed by atoms with Crippen molar-refractivity contribution in [2.45, 2.75) is 6.92 Å². The van der Waals surface area contributed by atoms with Crippen molar-refractivity contribution in [1.82, 2.24) is 0 Å². The maximum Gasteiger partial charge on any atom is 0.203 e. The minimum absolute atomic E-state index is 0.00341. The summed E-state index contributed by atoms with van der Waals surface area (Å²) in [6, 6.07) is 14.8. The van der Waals surface area contributed by atoms with E-state index in [1.54, 1.807) is 13.2 Å². The number of rotatable bonds is 5. The minimum atomic E-state index is -0.0966. The highest BCUT2D eigenvalue weighted by atomic mass is 16.5. The Balaban J connectivity index is 2.08. The average Bonchev–Trinajstić information content (AvgIpc) is 2.45. The van der Waals surface area contributed by atoms with E-state index in [0.29, 0.717) is 17.1 Å². The Bertz CT molecular complexity index is 561. The third-order valence-corrected chi connectivity index (χ3v) is 2.77. The summed E-state index contributed by atoms with van der Waals surface area (Å²) in [7, 11) is 1.56. The summed E-state index contributed by atoms with van der Waals surface area (Å²) in [6.45, 7) is 1.96. The van der Waals surface area contributed by atoms with Crippen molar-refractivity contribution in [1.29, 1.82) is 0 Å². The van der Waals surface area contributed by atoms with Crippen LogP contribution in [0.2, 0.25) is 0 Å². The zero-order chi connectivity index (χ0) is 13.7. The number of aryl methyl sites for hydroxylation is 1. The van der Waals surface area contributed by atoms with E-state index in [0.717, 1.165) is 5.56 Å². The first-order valence-corrected chi connectivity index (χ1v) is 6.06. The lowest BCUT2D eigenvalue weighted by Crippen LogP contribution is -2.12. The van der Waals surface area contributed by atoms with Crippen LogP contribution in [0.4, 0.5) is 0 Å². The summed E-state index contributed by atoms with van der Waals surface area (Å²) in [5.74, 6) is 1.17. The Labute approximate surface area is 112 Å². The lowest BCUT2D eigenvalue weighted by Gasteiger charge is -2.09. The van der Waals surface area contributed by atoms with Crippen LogP contribution in [-0.4, -0.2) is 19.5 Å². The van der Waals surface area contributed by atoms with Crippen LogP contribution < -0.4 is 9.47 Å². The van der Waals surface area contributed by atoms with Crippen molar-refractivity contribution in [2.75, 3.05) is 13.7 Å². The Morgan fingerprint density at radius 2 is 1.84 bits per heavy atom. The highest BCUT2D eigenvalue weighted by Gasteiger charge is 2.12. The van der Waals surface area contributed by atoms with Gasteiger partial charge in [0, 0.05) is 0 Å². The predicted octanol–water partition coefficient (Wildman–Crippen LogP) is 3.27. The van der Waals surface area contributed by atoms with E-state index in [4.69, 9.17) is 9.47 Å². The van der Waals surface area contributed by atoms with Gasteiger partial charge >= 0.3 is 0 Å². The van der Waals surface area contributed by atoms with E-state index in [-0.39, 0.29) is 12.4 Å².